The largest absolute Gasteiger partial charge is 0.404 e. The zero-order valence-electron chi connectivity index (χ0n) is 33.9. The fourth-order valence-corrected chi connectivity index (χ4v) is 9.91. The Balaban J connectivity index is 0.885. The molecule has 10 rings (SSSR count). The molecule has 59 heavy (non-hydrogen) atoms. The highest BCUT2D eigenvalue weighted by atomic mass is 14.9. The third-order valence-electron chi connectivity index (χ3n) is 13.1. The molecule has 2 heterocycles. The number of allylic oxidation sites excluding steroid dienone is 18. The molecular weight excluding hydrogens is 717 g/mol. The van der Waals surface area contributed by atoms with E-state index in [9.17, 15) is 0 Å². The molecule has 3 atom stereocenters. The van der Waals surface area contributed by atoms with Crippen LogP contribution in [0.3, 0.4) is 0 Å². The second kappa shape index (κ2) is 16.6. The fourth-order valence-electron chi connectivity index (χ4n) is 9.91. The maximum atomic E-state index is 6.44. The highest BCUT2D eigenvalue weighted by Gasteiger charge is 2.30. The van der Waals surface area contributed by atoms with Gasteiger partial charge in [-0.25, -0.2) is 9.97 Å². The lowest BCUT2D eigenvalue weighted by atomic mass is 9.77. The van der Waals surface area contributed by atoms with E-state index < -0.39 is 0 Å². The monoisotopic (exact) mass is 768 g/mol. The van der Waals surface area contributed by atoms with Crippen molar-refractivity contribution in [2.24, 2.45) is 5.73 Å². The lowest BCUT2D eigenvalue weighted by molar-refractivity contribution is 0.670. The summed E-state index contributed by atoms with van der Waals surface area (Å²) in [5.74, 6) is 1.67. The SMILES string of the molecule is NC=C(C1=CC=CCC1)c1nc(C2C=CC=CC2)c(C2=CCC(c3ccc(C4=CCC(c5nc6c(c(-c7ccccc7)n5)C=CCC6)C=C4)cc3)C=C2)c2c1CCCC2. The van der Waals surface area contributed by atoms with E-state index in [1.54, 1.807) is 0 Å². The van der Waals surface area contributed by atoms with Crippen LogP contribution >= 0.6 is 0 Å². The smallest absolute Gasteiger partial charge is 0.136 e. The van der Waals surface area contributed by atoms with Crippen LogP contribution in [0.4, 0.5) is 0 Å². The summed E-state index contributed by atoms with van der Waals surface area (Å²) in [7, 11) is 0. The third-order valence-corrected chi connectivity index (χ3v) is 13.1. The average molecular weight is 769 g/mol. The molecule has 0 bridgehead atoms. The predicted octanol–water partition coefficient (Wildman–Crippen LogP) is 12.8. The Kier molecular flexibility index (Phi) is 10.5. The topological polar surface area (TPSA) is 64.7 Å². The van der Waals surface area contributed by atoms with Gasteiger partial charge in [0.25, 0.3) is 0 Å². The summed E-state index contributed by atoms with van der Waals surface area (Å²) in [6.07, 6.45) is 47.6. The lowest BCUT2D eigenvalue weighted by Crippen LogP contribution is -2.18. The molecule has 0 amide bonds. The highest BCUT2D eigenvalue weighted by molar-refractivity contribution is 5.85. The van der Waals surface area contributed by atoms with Crippen LogP contribution in [0.15, 0.2) is 151 Å². The van der Waals surface area contributed by atoms with Crippen molar-refractivity contribution in [3.63, 3.8) is 0 Å². The maximum Gasteiger partial charge on any atom is 0.136 e. The van der Waals surface area contributed by atoms with Gasteiger partial charge >= 0.3 is 0 Å². The van der Waals surface area contributed by atoms with Crippen LogP contribution in [0.2, 0.25) is 0 Å². The van der Waals surface area contributed by atoms with E-state index in [0.717, 1.165) is 86.1 Å². The van der Waals surface area contributed by atoms with E-state index in [2.05, 4.69) is 146 Å². The van der Waals surface area contributed by atoms with Crippen molar-refractivity contribution >= 4 is 22.8 Å². The molecule has 0 radical (unpaired) electrons. The molecule has 0 saturated heterocycles. The van der Waals surface area contributed by atoms with Crippen molar-refractivity contribution in [2.45, 2.75) is 88.4 Å². The van der Waals surface area contributed by atoms with Gasteiger partial charge in [-0.3, -0.25) is 4.98 Å². The van der Waals surface area contributed by atoms with E-state index in [4.69, 9.17) is 20.7 Å². The zero-order chi connectivity index (χ0) is 39.5. The summed E-state index contributed by atoms with van der Waals surface area (Å²) in [6.45, 7) is 0. The van der Waals surface area contributed by atoms with Crippen LogP contribution < -0.4 is 5.73 Å². The van der Waals surface area contributed by atoms with Gasteiger partial charge < -0.3 is 5.73 Å². The Morgan fingerprint density at radius 3 is 2.17 bits per heavy atom. The minimum atomic E-state index is 0.166. The third kappa shape index (κ3) is 7.42. The minimum absolute atomic E-state index is 0.166. The molecule has 4 nitrogen and oxygen atoms in total. The van der Waals surface area contributed by atoms with E-state index in [-0.39, 0.29) is 11.8 Å². The van der Waals surface area contributed by atoms with Crippen LogP contribution in [0.25, 0.3) is 34.1 Å². The van der Waals surface area contributed by atoms with E-state index >= 15 is 0 Å². The van der Waals surface area contributed by atoms with Gasteiger partial charge in [0.05, 0.1) is 22.8 Å². The first-order chi connectivity index (χ1) is 29.2. The molecule has 0 aliphatic heterocycles. The number of hydrogen-bond donors (Lipinski definition) is 1. The van der Waals surface area contributed by atoms with E-state index in [1.165, 1.54) is 74.3 Å². The number of rotatable bonds is 8. The van der Waals surface area contributed by atoms with Gasteiger partial charge in [-0.05, 0) is 110 Å². The molecule has 4 heteroatoms. The van der Waals surface area contributed by atoms with Gasteiger partial charge in [0, 0.05) is 46.2 Å². The van der Waals surface area contributed by atoms with Gasteiger partial charge in [-0.15, -0.1) is 0 Å². The summed E-state index contributed by atoms with van der Waals surface area (Å²) in [5.41, 5.74) is 25.2. The molecule has 4 aromatic rings. The van der Waals surface area contributed by atoms with Crippen molar-refractivity contribution in [1.29, 1.82) is 0 Å². The van der Waals surface area contributed by atoms with E-state index in [1.807, 2.05) is 6.20 Å². The van der Waals surface area contributed by atoms with Crippen LogP contribution in [0.5, 0.6) is 0 Å². The molecule has 2 aromatic heterocycles. The van der Waals surface area contributed by atoms with Crippen molar-refractivity contribution in [1.82, 2.24) is 15.0 Å². The summed E-state index contributed by atoms with van der Waals surface area (Å²) >= 11 is 0. The second-order valence-electron chi connectivity index (χ2n) is 16.7. The number of aromatic nitrogens is 3. The van der Waals surface area contributed by atoms with Crippen molar-refractivity contribution < 1.29 is 0 Å². The van der Waals surface area contributed by atoms with Crippen LogP contribution in [0, 0.1) is 0 Å². The van der Waals surface area contributed by atoms with E-state index in [0.29, 0.717) is 5.92 Å². The zero-order valence-corrected chi connectivity index (χ0v) is 33.9. The van der Waals surface area contributed by atoms with Crippen molar-refractivity contribution in [3.05, 3.63) is 208 Å². The first-order valence-corrected chi connectivity index (χ1v) is 21.9. The van der Waals surface area contributed by atoms with Crippen LogP contribution in [0.1, 0.15) is 125 Å². The number of benzene rings is 2. The summed E-state index contributed by atoms with van der Waals surface area (Å²) in [6, 6.07) is 19.8. The molecule has 2 N–H and O–H groups in total. The Morgan fingerprint density at radius 2 is 1.42 bits per heavy atom. The van der Waals surface area contributed by atoms with Crippen molar-refractivity contribution in [2.75, 3.05) is 0 Å². The maximum absolute atomic E-state index is 6.44. The standard InChI is InChI=1S/C55H52N4/c56-36-49(41-14-4-1-5-15-41)54-47-21-11-10-20-46(47)51(53(58-54)44-18-8-3-9-19-44)42-32-28-39(29-33-42)37-24-26-38(27-25-37)40-30-34-45(35-31-40)55-57-50-23-13-12-22-48(50)52(59-55)43-16-6-2-7-17-43/h1-4,6-9,12,14,16-18,22,24-28,30-34,36,39,44-45H,5,10-11,13,15,19-21,23,29,35,56H2. The Morgan fingerprint density at radius 1 is 0.627 bits per heavy atom. The Hall–Kier alpha value is -6.13. The molecular formula is C55H52N4. The number of aryl methyl sites for hydroxylation is 1. The van der Waals surface area contributed by atoms with Gasteiger partial charge in [-0.2, -0.15) is 0 Å². The lowest BCUT2D eigenvalue weighted by Gasteiger charge is -2.30. The average Bonchev–Trinajstić information content (AvgIpc) is 3.32. The predicted molar refractivity (Wildman–Crippen MR) is 245 cm³/mol. The normalized spacial score (nSPS) is 22.1. The number of hydrogen-bond acceptors (Lipinski definition) is 4. The molecule has 2 aromatic carbocycles. The Bertz CT molecular complexity index is 2590. The van der Waals surface area contributed by atoms with Gasteiger partial charge in [0.15, 0.2) is 0 Å². The first kappa shape index (κ1) is 37.2. The summed E-state index contributed by atoms with van der Waals surface area (Å²) in [5, 5.41) is 0. The number of nitrogens with zero attached hydrogens (tertiary/aromatic N) is 3. The molecule has 0 fully saturated rings. The summed E-state index contributed by atoms with van der Waals surface area (Å²) < 4.78 is 0. The second-order valence-corrected chi connectivity index (χ2v) is 16.7. The molecule has 6 aliphatic carbocycles. The molecule has 292 valence electrons. The molecule has 6 aliphatic rings. The molecule has 0 spiro atoms. The summed E-state index contributed by atoms with van der Waals surface area (Å²) in [4.78, 5) is 15.9. The van der Waals surface area contributed by atoms with Crippen molar-refractivity contribution in [3.8, 4) is 11.3 Å². The minimum Gasteiger partial charge on any atom is -0.404 e. The quantitative estimate of drug-likeness (QED) is 0.194. The van der Waals surface area contributed by atoms with Gasteiger partial charge in [0.2, 0.25) is 0 Å². The number of pyridine rings is 1. The number of fused-ring (bicyclic) bond motifs is 2. The first-order valence-electron chi connectivity index (χ1n) is 21.9. The van der Waals surface area contributed by atoms with Crippen LogP contribution in [-0.4, -0.2) is 15.0 Å². The van der Waals surface area contributed by atoms with Gasteiger partial charge in [0.1, 0.15) is 5.82 Å². The highest BCUT2D eigenvalue weighted by Crippen LogP contribution is 2.44. The fraction of sp³-hybridized carbons (Fsp3) is 0.255. The number of nitrogens with two attached hydrogens (primary N) is 1. The molecule has 3 unspecified atom stereocenters. The van der Waals surface area contributed by atoms with Gasteiger partial charge in [-0.1, -0.05) is 146 Å². The molecule has 0 saturated carbocycles. The Labute approximate surface area is 349 Å². The van der Waals surface area contributed by atoms with Crippen LogP contribution in [-0.2, 0) is 19.3 Å².